The zero-order chi connectivity index (χ0) is 6.24. The van der Waals surface area contributed by atoms with Crippen molar-refractivity contribution in [2.75, 3.05) is 0 Å². The molecule has 0 radical (unpaired) electrons. The number of H-pyrrole nitrogens is 1. The average Bonchev–Trinajstić information content (AvgIpc) is 2.17. The number of aromatic nitrogens is 1. The van der Waals surface area contributed by atoms with Crippen molar-refractivity contribution in [3.63, 3.8) is 0 Å². The summed E-state index contributed by atoms with van der Waals surface area (Å²) in [7, 11) is 0. The van der Waals surface area contributed by atoms with Crippen LogP contribution in [0.2, 0.25) is 0 Å². The Morgan fingerprint density at radius 1 is 1.75 bits per heavy atom. The third-order valence-corrected chi connectivity index (χ3v) is 0.944. The first-order valence-electron chi connectivity index (χ1n) is 1.81. The van der Waals surface area contributed by atoms with E-state index >= 15 is 0 Å². The molecule has 0 amide bonds. The van der Waals surface area contributed by atoms with Crippen LogP contribution in [0.1, 0.15) is 0 Å². The third-order valence-electron chi connectivity index (χ3n) is 0.379. The second kappa shape index (κ2) is 6.43. The van der Waals surface area contributed by atoms with Gasteiger partial charge in [0.15, 0.2) is 6.20 Å². The van der Waals surface area contributed by atoms with Gasteiger partial charge in [0.25, 0.3) is 0 Å². The number of thiocarbonyl (C=S) groups is 1. The minimum atomic E-state index is 1.33. The lowest BCUT2D eigenvalue weighted by Crippen LogP contribution is -1.86. The molecule has 0 unspecified atom stereocenters. The quantitative estimate of drug-likeness (QED) is 0.398. The van der Waals surface area contributed by atoms with Gasteiger partial charge in [-0.15, -0.1) is 0 Å². The van der Waals surface area contributed by atoms with Crippen LogP contribution in [-0.2, 0) is 0 Å². The van der Waals surface area contributed by atoms with E-state index in [0.717, 1.165) is 0 Å². The van der Waals surface area contributed by atoms with Crippen molar-refractivity contribution < 1.29 is 4.98 Å². The van der Waals surface area contributed by atoms with Gasteiger partial charge in [-0.1, -0.05) is 23.6 Å². The van der Waals surface area contributed by atoms with E-state index in [1.165, 1.54) is 5.16 Å². The third kappa shape index (κ3) is 5.43. The van der Waals surface area contributed by atoms with Gasteiger partial charge in [0.2, 0.25) is 5.51 Å². The molecule has 1 aromatic rings. The van der Waals surface area contributed by atoms with Gasteiger partial charge in [-0.05, 0) is 0 Å². The number of rotatable bonds is 0. The molecule has 0 spiro atoms. The van der Waals surface area contributed by atoms with Gasteiger partial charge in [-0.25, -0.2) is 4.98 Å². The number of hydrogen-bond acceptors (Lipinski definition) is 2. The van der Waals surface area contributed by atoms with Crippen LogP contribution in [-0.4, -0.2) is 5.16 Å². The van der Waals surface area contributed by atoms with Crippen LogP contribution < -0.4 is 4.98 Å². The molecular weight excluding hydrogens is 140 g/mol. The first-order chi connectivity index (χ1) is 3.91. The molecule has 8 heavy (non-hydrogen) atoms. The number of nitrogens with one attached hydrogen (secondary N) is 1. The average molecular weight is 144 g/mol. The van der Waals surface area contributed by atoms with E-state index in [1.54, 1.807) is 11.3 Å². The predicted molar refractivity (Wildman–Crippen MR) is 36.8 cm³/mol. The second-order valence-electron chi connectivity index (χ2n) is 0.815. The van der Waals surface area contributed by atoms with Crippen LogP contribution in [0.3, 0.4) is 0 Å². The van der Waals surface area contributed by atoms with Crippen molar-refractivity contribution in [3.05, 3.63) is 22.5 Å². The fraction of sp³-hybridized carbons (Fsp3) is 0. The van der Waals surface area contributed by atoms with E-state index in [9.17, 15) is 0 Å². The summed E-state index contributed by atoms with van der Waals surface area (Å²) in [6, 6.07) is 0. The fourth-order valence-electron chi connectivity index (χ4n) is 0.196. The smallest absolute Gasteiger partial charge is 0.222 e. The summed E-state index contributed by atoms with van der Waals surface area (Å²) < 4.78 is 0. The number of isothiocyanates is 1. The van der Waals surface area contributed by atoms with E-state index in [1.807, 2.05) is 17.1 Å². The highest BCUT2D eigenvalue weighted by molar-refractivity contribution is 7.78. The summed E-state index contributed by atoms with van der Waals surface area (Å²) in [5, 5.41) is 10.5. The molecule has 1 rings (SSSR count). The molecule has 1 N–H and O–H groups in total. The summed E-state index contributed by atoms with van der Waals surface area (Å²) in [5.41, 5.74) is 1.92. The van der Waals surface area contributed by atoms with Crippen molar-refractivity contribution in [1.82, 2.24) is 0 Å². The molecule has 0 aliphatic carbocycles. The Balaban J connectivity index is 0.000000145. The molecule has 0 saturated carbocycles. The molecule has 2 nitrogen and oxygen atoms in total. The normalized spacial score (nSPS) is 6.00. The highest BCUT2D eigenvalue weighted by Crippen LogP contribution is 1.80. The molecule has 0 aromatic carbocycles. The molecule has 1 heterocycles. The van der Waals surface area contributed by atoms with E-state index in [4.69, 9.17) is 5.41 Å². The predicted octanol–water partition coefficient (Wildman–Crippen LogP) is 1.22. The molecule has 0 saturated heterocycles. The molecule has 1 aromatic heterocycles. The Morgan fingerprint density at radius 3 is 2.50 bits per heavy atom. The van der Waals surface area contributed by atoms with Crippen LogP contribution in [0.4, 0.5) is 0 Å². The largest absolute Gasteiger partial charge is 0.753 e. The maximum Gasteiger partial charge on any atom is 0.222 e. The summed E-state index contributed by atoms with van der Waals surface area (Å²) in [4.78, 5) is 2.88. The van der Waals surface area contributed by atoms with Gasteiger partial charge in [0.1, 0.15) is 0 Å². The Kier molecular flexibility index (Phi) is 5.97. The maximum atomic E-state index is 7.13. The van der Waals surface area contributed by atoms with Crippen molar-refractivity contribution in [1.29, 1.82) is 0 Å². The number of hydrogen-bond donors (Lipinski definition) is 0. The van der Waals surface area contributed by atoms with Gasteiger partial charge in [-0.2, -0.15) is 5.16 Å². The standard InChI is InChI=1S/C3H3NS.CNS/c1-2-5-3-4-1;2-1-3/h1-3H;/q;-1/p+1. The van der Waals surface area contributed by atoms with Gasteiger partial charge in [0, 0.05) is 0 Å². The van der Waals surface area contributed by atoms with E-state index in [0.29, 0.717) is 0 Å². The molecule has 0 atom stereocenters. The molecule has 0 bridgehead atoms. The zero-order valence-electron chi connectivity index (χ0n) is 4.00. The summed E-state index contributed by atoms with van der Waals surface area (Å²) in [6.07, 6.45) is 1.89. The van der Waals surface area contributed by atoms with Crippen LogP contribution in [0, 0.1) is 0 Å². The van der Waals surface area contributed by atoms with Gasteiger partial charge >= 0.3 is 0 Å². The number of thiazole rings is 1. The Morgan fingerprint density at radius 2 is 2.38 bits per heavy atom. The topological polar surface area (TPSA) is 36.4 Å². The Hall–Kier alpha value is -0.570. The van der Waals surface area contributed by atoms with Crippen molar-refractivity contribution in [2.24, 2.45) is 0 Å². The highest BCUT2D eigenvalue weighted by Gasteiger charge is 1.68. The molecule has 0 aliphatic heterocycles. The van der Waals surface area contributed by atoms with Crippen LogP contribution in [0.15, 0.2) is 17.1 Å². The van der Waals surface area contributed by atoms with E-state index in [-0.39, 0.29) is 0 Å². The lowest BCUT2D eigenvalue weighted by Gasteiger charge is -1.37. The Bertz CT molecular complexity index is 124. The van der Waals surface area contributed by atoms with E-state index < -0.39 is 0 Å². The minimum Gasteiger partial charge on any atom is -0.753 e. The first-order valence-corrected chi connectivity index (χ1v) is 3.16. The van der Waals surface area contributed by atoms with Crippen molar-refractivity contribution in [2.45, 2.75) is 0 Å². The lowest BCUT2D eigenvalue weighted by molar-refractivity contribution is -0.370. The summed E-state index contributed by atoms with van der Waals surface area (Å²) in [6.45, 7) is 0. The molecule has 0 aliphatic rings. The summed E-state index contributed by atoms with van der Waals surface area (Å²) in [5.74, 6) is 0. The molecule has 0 fully saturated rings. The highest BCUT2D eigenvalue weighted by atomic mass is 32.1. The molecular formula is C4H4N2S2. The van der Waals surface area contributed by atoms with E-state index in [2.05, 4.69) is 17.2 Å². The Labute approximate surface area is 56.7 Å². The zero-order valence-corrected chi connectivity index (χ0v) is 5.63. The fourth-order valence-corrected chi connectivity index (χ4v) is 0.589. The van der Waals surface area contributed by atoms with Gasteiger partial charge in [-0.3, -0.25) is 0 Å². The van der Waals surface area contributed by atoms with Crippen molar-refractivity contribution >= 4 is 28.7 Å². The first kappa shape index (κ1) is 7.43. The number of nitrogens with zero attached hydrogens (tertiary/aromatic N) is 1. The van der Waals surface area contributed by atoms with Gasteiger partial charge < -0.3 is 5.41 Å². The molecule has 42 valence electrons. The van der Waals surface area contributed by atoms with Crippen molar-refractivity contribution in [3.8, 4) is 0 Å². The minimum absolute atomic E-state index is 1.33. The second-order valence-corrected chi connectivity index (χ2v) is 1.78. The lowest BCUT2D eigenvalue weighted by atomic mass is 11.0. The van der Waals surface area contributed by atoms with Crippen LogP contribution in [0.25, 0.3) is 5.41 Å². The number of aromatic amines is 1. The molecule has 4 heteroatoms. The van der Waals surface area contributed by atoms with Crippen LogP contribution >= 0.6 is 23.6 Å². The maximum absolute atomic E-state index is 7.13. The van der Waals surface area contributed by atoms with Gasteiger partial charge in [0.05, 0.1) is 5.38 Å². The monoisotopic (exact) mass is 144 g/mol. The SMILES string of the molecule is [N-]=C=S.c1csc[nH+]1. The summed E-state index contributed by atoms with van der Waals surface area (Å²) >= 11 is 5.36. The van der Waals surface area contributed by atoms with Crippen LogP contribution in [0.5, 0.6) is 0 Å².